The summed E-state index contributed by atoms with van der Waals surface area (Å²) in [6.45, 7) is 2.89. The highest BCUT2D eigenvalue weighted by Crippen LogP contribution is 2.46. The van der Waals surface area contributed by atoms with Crippen LogP contribution in [0.15, 0.2) is 107 Å². The summed E-state index contributed by atoms with van der Waals surface area (Å²) in [5.41, 5.74) is 4.19. The highest BCUT2D eigenvalue weighted by molar-refractivity contribution is 7.93. The first-order valence-electron chi connectivity index (χ1n) is 21.2. The zero-order valence-corrected chi connectivity index (χ0v) is 37.8. The number of nitrogens with zero attached hydrogens (tertiary/aromatic N) is 6. The predicted molar refractivity (Wildman–Crippen MR) is 239 cm³/mol. The van der Waals surface area contributed by atoms with E-state index in [9.17, 15) is 25.6 Å². The van der Waals surface area contributed by atoms with Crippen molar-refractivity contribution < 1.29 is 35.1 Å². The van der Waals surface area contributed by atoms with Gasteiger partial charge in [-0.25, -0.2) is 35.6 Å². The molecular formula is C44H46F2N8O6S4. The second kappa shape index (κ2) is 19.2. The number of piperidine rings is 2. The molecule has 4 atom stereocenters. The first-order valence-corrected chi connectivity index (χ1v) is 25.7. The largest absolute Gasteiger partial charge is 0.493 e. The van der Waals surface area contributed by atoms with Gasteiger partial charge in [-0.3, -0.25) is 19.2 Å². The maximum atomic E-state index is 13.5. The van der Waals surface area contributed by atoms with Crippen molar-refractivity contribution in [1.82, 2.24) is 28.5 Å². The predicted octanol–water partition coefficient (Wildman–Crippen LogP) is 9.06. The fourth-order valence-corrected chi connectivity index (χ4v) is 12.6. The number of ether oxygens (including phenoxy) is 2. The van der Waals surface area contributed by atoms with Crippen LogP contribution in [0.4, 0.5) is 19.0 Å². The molecule has 0 saturated carbocycles. The minimum atomic E-state index is -3.79. The molecule has 0 amide bonds. The molecule has 4 aliphatic rings. The molecule has 0 radical (unpaired) electrons. The van der Waals surface area contributed by atoms with Crippen LogP contribution >= 0.6 is 23.1 Å². The Morgan fingerprint density at radius 3 is 1.36 bits per heavy atom. The highest BCUT2D eigenvalue weighted by atomic mass is 32.2. The summed E-state index contributed by atoms with van der Waals surface area (Å²) >= 11 is 1.96. The standard InChI is InChI=1S/2C22H23FN4O3S2/c2*23-16-6-4-15(5-7-16)19-3-1-2-11-27(19)20-10-12-30-21-13-17(8-9-18(20)21)32(28,29)26-22-24-14-25-31-22/h2*4-9,13-14,19-20H,1-3,10-12H2,(H,24,25,26)/t19-,20+;19-,20-/m00/s1. The zero-order chi connectivity index (χ0) is 44.3. The summed E-state index contributed by atoms with van der Waals surface area (Å²) in [5, 5.41) is 0.439. The molecule has 20 heteroatoms. The lowest BCUT2D eigenvalue weighted by atomic mass is 9.89. The van der Waals surface area contributed by atoms with Crippen molar-refractivity contribution in [2.24, 2.45) is 0 Å². The van der Waals surface area contributed by atoms with E-state index in [1.54, 1.807) is 24.3 Å². The first-order chi connectivity index (χ1) is 31.0. The monoisotopic (exact) mass is 948 g/mol. The molecule has 6 heterocycles. The lowest BCUT2D eigenvalue weighted by Crippen LogP contribution is -2.38. The SMILES string of the molecule is O=S(=O)(Nc1ncns1)c1ccc2c(c1)OCC[C@@H]2N1CCCC[C@H]1c1ccc(F)cc1.O=S(=O)(Nc1ncns1)c1ccc2c(c1)OCC[C@H]2N1CCCC[C@H]1c1ccc(F)cc1. The van der Waals surface area contributed by atoms with E-state index in [2.05, 4.69) is 38.0 Å². The summed E-state index contributed by atoms with van der Waals surface area (Å²) in [4.78, 5) is 13.0. The van der Waals surface area contributed by atoms with Crippen molar-refractivity contribution in [3.8, 4) is 11.5 Å². The second-order valence-corrected chi connectivity index (χ2v) is 20.9. The van der Waals surface area contributed by atoms with E-state index in [4.69, 9.17) is 9.47 Å². The molecule has 64 heavy (non-hydrogen) atoms. The van der Waals surface area contributed by atoms with E-state index in [-0.39, 0.29) is 55.9 Å². The molecule has 2 N–H and O–H groups in total. The number of fused-ring (bicyclic) bond motifs is 2. The van der Waals surface area contributed by atoms with Gasteiger partial charge in [0.25, 0.3) is 20.0 Å². The molecule has 4 aromatic carbocycles. The molecule has 10 rings (SSSR count). The van der Waals surface area contributed by atoms with Crippen LogP contribution < -0.4 is 18.9 Å². The number of nitrogens with one attached hydrogen (secondary N) is 2. The van der Waals surface area contributed by atoms with Gasteiger partial charge in [-0.15, -0.1) is 0 Å². The molecule has 0 unspecified atom stereocenters. The van der Waals surface area contributed by atoms with Crippen molar-refractivity contribution in [2.45, 2.75) is 85.3 Å². The van der Waals surface area contributed by atoms with Crippen LogP contribution in [0.3, 0.4) is 0 Å². The first kappa shape index (κ1) is 44.1. The van der Waals surface area contributed by atoms with Gasteiger partial charge in [-0.05, 0) is 86.3 Å². The van der Waals surface area contributed by atoms with Gasteiger partial charge in [-0.2, -0.15) is 8.75 Å². The second-order valence-electron chi connectivity index (χ2n) is 16.0. The van der Waals surface area contributed by atoms with E-state index < -0.39 is 20.0 Å². The molecule has 14 nitrogen and oxygen atoms in total. The number of rotatable bonds is 10. The van der Waals surface area contributed by atoms with Crippen LogP contribution in [0, 0.1) is 11.6 Å². The third kappa shape index (κ3) is 9.76. The molecule has 6 aromatic rings. The Hall–Kier alpha value is -5.12. The average Bonchev–Trinajstić information content (AvgIpc) is 4.03. The van der Waals surface area contributed by atoms with Gasteiger partial charge in [0.05, 0.1) is 23.0 Å². The van der Waals surface area contributed by atoms with Crippen molar-refractivity contribution in [2.75, 3.05) is 35.7 Å². The molecule has 0 aliphatic carbocycles. The van der Waals surface area contributed by atoms with Crippen LogP contribution in [0.2, 0.25) is 0 Å². The van der Waals surface area contributed by atoms with Gasteiger partial charge < -0.3 is 9.47 Å². The van der Waals surface area contributed by atoms with E-state index in [1.165, 1.54) is 36.9 Å². The number of likely N-dealkylation sites (tertiary alicyclic amines) is 2. The van der Waals surface area contributed by atoms with Crippen LogP contribution in [-0.2, 0) is 20.0 Å². The number of aromatic nitrogens is 4. The normalized spacial score (nSPS) is 21.5. The van der Waals surface area contributed by atoms with E-state index in [0.717, 1.165) is 110 Å². The van der Waals surface area contributed by atoms with Crippen LogP contribution in [-0.4, -0.2) is 71.7 Å². The number of anilines is 2. The average molecular weight is 949 g/mol. The number of hydrogen-bond acceptors (Lipinski definition) is 14. The highest BCUT2D eigenvalue weighted by Gasteiger charge is 2.36. The topological polar surface area (TPSA) is 169 Å². The Kier molecular flexibility index (Phi) is 13.2. The van der Waals surface area contributed by atoms with Gasteiger partial charge in [0.2, 0.25) is 10.3 Å². The van der Waals surface area contributed by atoms with E-state index >= 15 is 0 Å². The molecule has 2 fully saturated rings. The summed E-state index contributed by atoms with van der Waals surface area (Å²) < 4.78 is 102. The quantitative estimate of drug-likeness (QED) is 0.134. The van der Waals surface area contributed by atoms with Gasteiger partial charge in [-0.1, -0.05) is 49.2 Å². The van der Waals surface area contributed by atoms with E-state index in [0.29, 0.717) is 24.7 Å². The minimum Gasteiger partial charge on any atom is -0.493 e. The van der Waals surface area contributed by atoms with Gasteiger partial charge in [0.1, 0.15) is 35.8 Å². The van der Waals surface area contributed by atoms with Crippen molar-refractivity contribution in [3.05, 3.63) is 131 Å². The maximum absolute atomic E-state index is 13.5. The van der Waals surface area contributed by atoms with Crippen LogP contribution in [0.1, 0.15) is 97.8 Å². The third-order valence-electron chi connectivity index (χ3n) is 12.2. The molecule has 0 spiro atoms. The maximum Gasteiger partial charge on any atom is 0.263 e. The van der Waals surface area contributed by atoms with Crippen molar-refractivity contribution in [1.29, 1.82) is 0 Å². The number of sulfonamides is 2. The Morgan fingerprint density at radius 1 is 0.547 bits per heavy atom. The van der Waals surface area contributed by atoms with Crippen molar-refractivity contribution >= 4 is 53.4 Å². The minimum absolute atomic E-state index is 0.113. The van der Waals surface area contributed by atoms with Gasteiger partial charge in [0, 0.05) is 83.3 Å². The Labute approximate surface area is 379 Å². The Balaban J connectivity index is 0.000000162. The zero-order valence-electron chi connectivity index (χ0n) is 34.6. The van der Waals surface area contributed by atoms with Crippen molar-refractivity contribution in [3.63, 3.8) is 0 Å². The molecular weight excluding hydrogens is 903 g/mol. The molecule has 336 valence electrons. The third-order valence-corrected chi connectivity index (χ3v) is 16.3. The summed E-state index contributed by atoms with van der Waals surface area (Å²) in [6.07, 6.45) is 10.7. The fraction of sp³-hybridized carbons (Fsp3) is 0.364. The Bertz CT molecular complexity index is 2560. The summed E-state index contributed by atoms with van der Waals surface area (Å²) in [7, 11) is -7.58. The van der Waals surface area contributed by atoms with Crippen LogP contribution in [0.25, 0.3) is 0 Å². The molecule has 0 bridgehead atoms. The molecule has 2 saturated heterocycles. The lowest BCUT2D eigenvalue weighted by Gasteiger charge is -2.43. The summed E-state index contributed by atoms with van der Waals surface area (Å²) in [6, 6.07) is 24.3. The van der Waals surface area contributed by atoms with E-state index in [1.807, 2.05) is 36.4 Å². The fourth-order valence-electron chi connectivity index (χ4n) is 9.25. The van der Waals surface area contributed by atoms with Gasteiger partial charge >= 0.3 is 0 Å². The lowest BCUT2D eigenvalue weighted by molar-refractivity contribution is 0.0667. The Morgan fingerprint density at radius 2 is 0.969 bits per heavy atom. The molecule has 2 aromatic heterocycles. The number of halogens is 2. The number of hydrogen-bond donors (Lipinski definition) is 2. The summed E-state index contributed by atoms with van der Waals surface area (Å²) in [5.74, 6) is 0.710. The van der Waals surface area contributed by atoms with Gasteiger partial charge in [0.15, 0.2) is 0 Å². The molecule has 4 aliphatic heterocycles. The smallest absolute Gasteiger partial charge is 0.263 e. The van der Waals surface area contributed by atoms with Crippen LogP contribution in [0.5, 0.6) is 11.5 Å². The number of benzene rings is 4.